The van der Waals surface area contributed by atoms with Crippen LogP contribution in [0.5, 0.6) is 0 Å². The van der Waals surface area contributed by atoms with Crippen molar-refractivity contribution in [3.8, 4) is 0 Å². The van der Waals surface area contributed by atoms with Crippen molar-refractivity contribution in [1.29, 1.82) is 0 Å². The number of halogens is 1. The molecule has 1 aromatic rings. The summed E-state index contributed by atoms with van der Waals surface area (Å²) < 4.78 is 13.2. The fraction of sp³-hybridized carbons (Fsp3) is 0.600. The standard InChI is InChI=1S/C15H25FN2/c1-4-10-17-14(5-2)12-18(6-3)15-9-7-8-13(16)11-15/h7-9,11,14,17H,4-6,10,12H2,1-3H3. The summed E-state index contributed by atoms with van der Waals surface area (Å²) in [5.41, 5.74) is 0.967. The van der Waals surface area contributed by atoms with Crippen molar-refractivity contribution >= 4 is 5.69 Å². The molecule has 0 spiro atoms. The van der Waals surface area contributed by atoms with Gasteiger partial charge in [-0.1, -0.05) is 19.9 Å². The maximum absolute atomic E-state index is 13.2. The lowest BCUT2D eigenvalue weighted by Crippen LogP contribution is -2.41. The number of anilines is 1. The number of nitrogens with zero attached hydrogens (tertiary/aromatic N) is 1. The largest absolute Gasteiger partial charge is 0.370 e. The highest BCUT2D eigenvalue weighted by Gasteiger charge is 2.11. The van der Waals surface area contributed by atoms with E-state index in [1.807, 2.05) is 6.07 Å². The third kappa shape index (κ3) is 4.65. The van der Waals surface area contributed by atoms with Crippen LogP contribution in [0, 0.1) is 5.82 Å². The van der Waals surface area contributed by atoms with E-state index in [2.05, 4.69) is 31.0 Å². The van der Waals surface area contributed by atoms with Crippen molar-refractivity contribution in [3.63, 3.8) is 0 Å². The smallest absolute Gasteiger partial charge is 0.125 e. The summed E-state index contributed by atoms with van der Waals surface area (Å²) in [6.45, 7) is 9.33. The van der Waals surface area contributed by atoms with Crippen LogP contribution in [0.25, 0.3) is 0 Å². The molecule has 0 heterocycles. The van der Waals surface area contributed by atoms with E-state index in [1.165, 1.54) is 6.07 Å². The average Bonchev–Trinajstić information content (AvgIpc) is 2.39. The van der Waals surface area contributed by atoms with Crippen molar-refractivity contribution in [2.24, 2.45) is 0 Å². The zero-order valence-electron chi connectivity index (χ0n) is 11.7. The summed E-state index contributed by atoms with van der Waals surface area (Å²) in [4.78, 5) is 2.22. The molecule has 18 heavy (non-hydrogen) atoms. The zero-order chi connectivity index (χ0) is 13.4. The molecule has 0 radical (unpaired) electrons. The molecular formula is C15H25FN2. The van der Waals surface area contributed by atoms with Gasteiger partial charge in [-0.05, 0) is 44.5 Å². The van der Waals surface area contributed by atoms with E-state index in [4.69, 9.17) is 0 Å². The summed E-state index contributed by atoms with van der Waals surface area (Å²) in [6, 6.07) is 7.31. The molecule has 0 aliphatic rings. The molecule has 1 aromatic carbocycles. The number of likely N-dealkylation sites (N-methyl/N-ethyl adjacent to an activating group) is 1. The Kier molecular flexibility index (Phi) is 6.73. The summed E-state index contributed by atoms with van der Waals surface area (Å²) in [7, 11) is 0. The van der Waals surface area contributed by atoms with Crippen LogP contribution in [-0.2, 0) is 0 Å². The molecule has 0 saturated heterocycles. The van der Waals surface area contributed by atoms with Crippen molar-refractivity contribution in [3.05, 3.63) is 30.1 Å². The summed E-state index contributed by atoms with van der Waals surface area (Å²) in [5.74, 6) is -0.166. The molecule has 0 aliphatic heterocycles. The zero-order valence-corrected chi connectivity index (χ0v) is 11.7. The van der Waals surface area contributed by atoms with E-state index in [0.29, 0.717) is 6.04 Å². The Morgan fingerprint density at radius 1 is 1.28 bits per heavy atom. The van der Waals surface area contributed by atoms with Gasteiger partial charge in [0.2, 0.25) is 0 Å². The van der Waals surface area contributed by atoms with Crippen LogP contribution in [0.1, 0.15) is 33.6 Å². The van der Waals surface area contributed by atoms with E-state index in [9.17, 15) is 4.39 Å². The second kappa shape index (κ2) is 8.09. The summed E-state index contributed by atoms with van der Waals surface area (Å²) in [6.07, 6.45) is 2.23. The highest BCUT2D eigenvalue weighted by molar-refractivity contribution is 5.46. The van der Waals surface area contributed by atoms with Gasteiger partial charge in [-0.3, -0.25) is 0 Å². The fourth-order valence-corrected chi connectivity index (χ4v) is 2.04. The molecule has 102 valence electrons. The Morgan fingerprint density at radius 3 is 2.61 bits per heavy atom. The van der Waals surface area contributed by atoms with Gasteiger partial charge in [-0.2, -0.15) is 0 Å². The SMILES string of the molecule is CCCNC(CC)CN(CC)c1cccc(F)c1. The van der Waals surface area contributed by atoms with Crippen LogP contribution in [0.3, 0.4) is 0 Å². The second-order valence-electron chi connectivity index (χ2n) is 4.58. The van der Waals surface area contributed by atoms with Crippen LogP contribution in [0.15, 0.2) is 24.3 Å². The Labute approximate surface area is 110 Å². The average molecular weight is 252 g/mol. The van der Waals surface area contributed by atoms with E-state index in [1.54, 1.807) is 12.1 Å². The molecule has 1 N–H and O–H groups in total. The van der Waals surface area contributed by atoms with Crippen LogP contribution in [-0.4, -0.2) is 25.7 Å². The molecule has 0 fully saturated rings. The van der Waals surface area contributed by atoms with Crippen molar-refractivity contribution in [2.45, 2.75) is 39.7 Å². The maximum Gasteiger partial charge on any atom is 0.125 e. The molecule has 0 saturated carbocycles. The molecule has 1 atom stereocenters. The minimum atomic E-state index is -0.166. The van der Waals surface area contributed by atoms with Gasteiger partial charge in [-0.25, -0.2) is 4.39 Å². The second-order valence-corrected chi connectivity index (χ2v) is 4.58. The molecule has 3 heteroatoms. The Bertz CT molecular complexity index is 341. The van der Waals surface area contributed by atoms with E-state index >= 15 is 0 Å². The molecule has 0 bridgehead atoms. The predicted molar refractivity (Wildman–Crippen MR) is 76.7 cm³/mol. The number of hydrogen-bond donors (Lipinski definition) is 1. The summed E-state index contributed by atoms with van der Waals surface area (Å²) >= 11 is 0. The van der Waals surface area contributed by atoms with Gasteiger partial charge in [-0.15, -0.1) is 0 Å². The number of nitrogens with one attached hydrogen (secondary N) is 1. The van der Waals surface area contributed by atoms with Crippen LogP contribution in [0.4, 0.5) is 10.1 Å². The molecule has 2 nitrogen and oxygen atoms in total. The predicted octanol–water partition coefficient (Wildman–Crippen LogP) is 3.43. The summed E-state index contributed by atoms with van der Waals surface area (Å²) in [5, 5.41) is 3.53. The molecule has 1 rings (SSSR count). The van der Waals surface area contributed by atoms with Crippen LogP contribution >= 0.6 is 0 Å². The normalized spacial score (nSPS) is 12.4. The highest BCUT2D eigenvalue weighted by atomic mass is 19.1. The first-order chi connectivity index (χ1) is 8.71. The maximum atomic E-state index is 13.2. The molecule has 0 amide bonds. The van der Waals surface area contributed by atoms with E-state index in [-0.39, 0.29) is 5.82 Å². The van der Waals surface area contributed by atoms with Crippen LogP contribution < -0.4 is 10.2 Å². The first-order valence-corrected chi connectivity index (χ1v) is 6.95. The molecular weight excluding hydrogens is 227 g/mol. The fourth-order valence-electron chi connectivity index (χ4n) is 2.04. The topological polar surface area (TPSA) is 15.3 Å². The lowest BCUT2D eigenvalue weighted by Gasteiger charge is -2.28. The van der Waals surface area contributed by atoms with E-state index in [0.717, 1.165) is 38.2 Å². The van der Waals surface area contributed by atoms with Gasteiger partial charge in [0.25, 0.3) is 0 Å². The monoisotopic (exact) mass is 252 g/mol. The highest BCUT2D eigenvalue weighted by Crippen LogP contribution is 2.16. The van der Waals surface area contributed by atoms with Gasteiger partial charge >= 0.3 is 0 Å². The van der Waals surface area contributed by atoms with Gasteiger partial charge in [0.1, 0.15) is 5.82 Å². The van der Waals surface area contributed by atoms with Gasteiger partial charge in [0.05, 0.1) is 0 Å². The van der Waals surface area contributed by atoms with Crippen molar-refractivity contribution in [1.82, 2.24) is 5.32 Å². The Balaban J connectivity index is 2.65. The number of rotatable bonds is 8. The first-order valence-electron chi connectivity index (χ1n) is 6.95. The number of benzene rings is 1. The molecule has 0 aliphatic carbocycles. The number of hydrogen-bond acceptors (Lipinski definition) is 2. The third-order valence-corrected chi connectivity index (χ3v) is 3.17. The quantitative estimate of drug-likeness (QED) is 0.762. The third-order valence-electron chi connectivity index (χ3n) is 3.17. The van der Waals surface area contributed by atoms with Gasteiger partial charge < -0.3 is 10.2 Å². The first kappa shape index (κ1) is 15.0. The molecule has 1 unspecified atom stereocenters. The van der Waals surface area contributed by atoms with E-state index < -0.39 is 0 Å². The minimum absolute atomic E-state index is 0.166. The lowest BCUT2D eigenvalue weighted by molar-refractivity contribution is 0.490. The van der Waals surface area contributed by atoms with Crippen molar-refractivity contribution in [2.75, 3.05) is 24.5 Å². The Morgan fingerprint density at radius 2 is 2.06 bits per heavy atom. The lowest BCUT2D eigenvalue weighted by atomic mass is 10.2. The van der Waals surface area contributed by atoms with Gasteiger partial charge in [0, 0.05) is 24.8 Å². The minimum Gasteiger partial charge on any atom is -0.370 e. The molecule has 0 aromatic heterocycles. The Hall–Kier alpha value is -1.09. The van der Waals surface area contributed by atoms with Gasteiger partial charge in [0.15, 0.2) is 0 Å². The van der Waals surface area contributed by atoms with Crippen LogP contribution in [0.2, 0.25) is 0 Å². The van der Waals surface area contributed by atoms with Crippen molar-refractivity contribution < 1.29 is 4.39 Å².